The first kappa shape index (κ1) is 22.6. The van der Waals surface area contributed by atoms with Crippen LogP contribution in [0.5, 0.6) is 0 Å². The van der Waals surface area contributed by atoms with E-state index in [1.165, 1.54) is 5.56 Å². The Kier molecular flexibility index (Phi) is 7.17. The van der Waals surface area contributed by atoms with Crippen molar-refractivity contribution in [2.75, 3.05) is 31.5 Å². The van der Waals surface area contributed by atoms with E-state index in [1.54, 1.807) is 0 Å². The van der Waals surface area contributed by atoms with Crippen LogP contribution in [0.2, 0.25) is 0 Å². The summed E-state index contributed by atoms with van der Waals surface area (Å²) in [6, 6.07) is 23.0. The number of hydrogen-bond donors (Lipinski definition) is 2. The highest BCUT2D eigenvalue weighted by Crippen LogP contribution is 2.26. The minimum absolute atomic E-state index is 0.304. The molecular formula is C28H33N5O. The maximum Gasteiger partial charge on any atom is 0.163 e. The van der Waals surface area contributed by atoms with Gasteiger partial charge in [-0.25, -0.2) is 9.97 Å². The summed E-state index contributed by atoms with van der Waals surface area (Å²) in [5.74, 6) is 1.59. The number of likely N-dealkylation sites (tertiary alicyclic amines) is 1. The molecule has 1 aliphatic heterocycles. The molecule has 0 unspecified atom stereocenters. The average Bonchev–Trinajstić information content (AvgIpc) is 3.31. The number of hydrogen-bond acceptors (Lipinski definition) is 5. The minimum Gasteiger partial charge on any atom is -0.372 e. The van der Waals surface area contributed by atoms with Crippen LogP contribution in [0.4, 0.5) is 5.82 Å². The number of rotatable bonds is 9. The minimum atomic E-state index is 0.304. The number of piperidine rings is 1. The van der Waals surface area contributed by atoms with Crippen LogP contribution in [0.3, 0.4) is 0 Å². The lowest BCUT2D eigenvalue weighted by molar-refractivity contribution is -0.00329. The number of H-pyrrole nitrogens is 1. The molecule has 5 rings (SSSR count). The van der Waals surface area contributed by atoms with Gasteiger partial charge in [-0.2, -0.15) is 0 Å². The molecule has 0 saturated carbocycles. The molecule has 1 fully saturated rings. The van der Waals surface area contributed by atoms with Crippen molar-refractivity contribution in [2.24, 2.45) is 0 Å². The zero-order chi connectivity index (χ0) is 23.2. The standard InChI is InChI=1S/C28H33N5O/c1-2-29-27-25-19-23(30-28(25)32-26(31-27)22-11-7-4-8-12-22)20-34-24-14-17-33(18-15-24)16-13-21-9-5-3-6-10-21/h3-12,19,24H,2,13-18,20H2,1H3,(H2,29,30,31,32). The Hall–Kier alpha value is -3.22. The summed E-state index contributed by atoms with van der Waals surface area (Å²) in [4.78, 5) is 15.6. The van der Waals surface area contributed by atoms with Crippen LogP contribution in [0.1, 0.15) is 31.0 Å². The Morgan fingerprint density at radius 3 is 2.47 bits per heavy atom. The third kappa shape index (κ3) is 5.46. The molecule has 0 amide bonds. The molecule has 0 aliphatic carbocycles. The van der Waals surface area contributed by atoms with E-state index < -0.39 is 0 Å². The summed E-state index contributed by atoms with van der Waals surface area (Å²) in [6.07, 6.45) is 3.57. The van der Waals surface area contributed by atoms with Crippen molar-refractivity contribution in [1.82, 2.24) is 19.9 Å². The lowest BCUT2D eigenvalue weighted by atomic mass is 10.1. The average molecular weight is 456 g/mol. The van der Waals surface area contributed by atoms with Crippen molar-refractivity contribution in [2.45, 2.75) is 38.9 Å². The van der Waals surface area contributed by atoms with Gasteiger partial charge in [0.1, 0.15) is 11.5 Å². The van der Waals surface area contributed by atoms with Crippen LogP contribution in [0.25, 0.3) is 22.4 Å². The van der Waals surface area contributed by atoms with Crippen LogP contribution in [-0.4, -0.2) is 52.1 Å². The second-order valence-electron chi connectivity index (χ2n) is 8.94. The topological polar surface area (TPSA) is 66.1 Å². The summed E-state index contributed by atoms with van der Waals surface area (Å²) < 4.78 is 6.30. The summed E-state index contributed by atoms with van der Waals surface area (Å²) >= 11 is 0. The summed E-state index contributed by atoms with van der Waals surface area (Å²) in [7, 11) is 0. The van der Waals surface area contributed by atoms with Gasteiger partial charge in [0.15, 0.2) is 5.82 Å². The number of benzene rings is 2. The van der Waals surface area contributed by atoms with Crippen LogP contribution in [0, 0.1) is 0 Å². The molecule has 34 heavy (non-hydrogen) atoms. The number of ether oxygens (including phenoxy) is 1. The van der Waals surface area contributed by atoms with Crippen LogP contribution < -0.4 is 5.32 Å². The van der Waals surface area contributed by atoms with E-state index in [-0.39, 0.29) is 0 Å². The van der Waals surface area contributed by atoms with Gasteiger partial charge in [-0.1, -0.05) is 60.7 Å². The molecular weight excluding hydrogens is 422 g/mol. The number of fused-ring (bicyclic) bond motifs is 1. The maximum absolute atomic E-state index is 6.30. The van der Waals surface area contributed by atoms with Gasteiger partial charge in [-0.15, -0.1) is 0 Å². The maximum atomic E-state index is 6.30. The van der Waals surface area contributed by atoms with Gasteiger partial charge in [0.05, 0.1) is 18.1 Å². The number of nitrogens with zero attached hydrogens (tertiary/aromatic N) is 3. The van der Waals surface area contributed by atoms with E-state index in [2.05, 4.69) is 58.5 Å². The first-order valence-electron chi connectivity index (χ1n) is 12.4. The highest BCUT2D eigenvalue weighted by molar-refractivity contribution is 5.89. The van der Waals surface area contributed by atoms with Crippen molar-refractivity contribution in [1.29, 1.82) is 0 Å². The monoisotopic (exact) mass is 455 g/mol. The van der Waals surface area contributed by atoms with Gasteiger partial charge in [-0.3, -0.25) is 0 Å². The van der Waals surface area contributed by atoms with Gasteiger partial charge in [0.2, 0.25) is 0 Å². The largest absolute Gasteiger partial charge is 0.372 e. The van der Waals surface area contributed by atoms with E-state index >= 15 is 0 Å². The molecule has 4 aromatic rings. The second kappa shape index (κ2) is 10.8. The predicted octanol–water partition coefficient (Wildman–Crippen LogP) is 5.28. The van der Waals surface area contributed by atoms with Gasteiger partial charge < -0.3 is 19.9 Å². The highest BCUT2D eigenvalue weighted by Gasteiger charge is 2.20. The molecule has 0 bridgehead atoms. The summed E-state index contributed by atoms with van der Waals surface area (Å²) in [5, 5.41) is 4.40. The Morgan fingerprint density at radius 2 is 1.74 bits per heavy atom. The molecule has 2 aromatic carbocycles. The van der Waals surface area contributed by atoms with Gasteiger partial charge in [0, 0.05) is 37.4 Å². The fourth-order valence-corrected chi connectivity index (χ4v) is 4.60. The van der Waals surface area contributed by atoms with E-state index in [4.69, 9.17) is 14.7 Å². The summed E-state index contributed by atoms with van der Waals surface area (Å²) in [5.41, 5.74) is 4.31. The normalized spacial score (nSPS) is 15.1. The molecule has 1 saturated heterocycles. The summed E-state index contributed by atoms with van der Waals surface area (Å²) in [6.45, 7) is 6.77. The van der Waals surface area contributed by atoms with Gasteiger partial charge in [-0.05, 0) is 37.8 Å². The van der Waals surface area contributed by atoms with Crippen molar-refractivity contribution in [3.63, 3.8) is 0 Å². The van der Waals surface area contributed by atoms with E-state index in [9.17, 15) is 0 Å². The van der Waals surface area contributed by atoms with Crippen molar-refractivity contribution >= 4 is 16.9 Å². The zero-order valence-electron chi connectivity index (χ0n) is 19.8. The Balaban J connectivity index is 1.19. The van der Waals surface area contributed by atoms with Gasteiger partial charge in [0.25, 0.3) is 0 Å². The predicted molar refractivity (Wildman–Crippen MR) is 138 cm³/mol. The smallest absolute Gasteiger partial charge is 0.163 e. The number of aromatic amines is 1. The Labute approximate surface area is 201 Å². The molecule has 0 atom stereocenters. The lowest BCUT2D eigenvalue weighted by Crippen LogP contribution is -2.38. The van der Waals surface area contributed by atoms with E-state index in [0.29, 0.717) is 12.7 Å². The molecule has 3 heterocycles. The molecule has 2 N–H and O–H groups in total. The molecule has 6 heteroatoms. The number of nitrogens with one attached hydrogen (secondary N) is 2. The molecule has 0 spiro atoms. The molecule has 2 aromatic heterocycles. The molecule has 0 radical (unpaired) electrons. The van der Waals surface area contributed by atoms with Crippen molar-refractivity contribution < 1.29 is 4.74 Å². The highest BCUT2D eigenvalue weighted by atomic mass is 16.5. The van der Waals surface area contributed by atoms with E-state index in [1.807, 2.05) is 30.3 Å². The third-order valence-corrected chi connectivity index (χ3v) is 6.49. The molecule has 176 valence electrons. The third-order valence-electron chi connectivity index (χ3n) is 6.49. The second-order valence-corrected chi connectivity index (χ2v) is 8.94. The number of anilines is 1. The molecule has 1 aliphatic rings. The first-order chi connectivity index (χ1) is 16.8. The number of aromatic nitrogens is 3. The SMILES string of the molecule is CCNc1nc(-c2ccccc2)nc2[nH]c(COC3CCN(CCc4ccccc4)CC3)cc12. The Morgan fingerprint density at radius 1 is 1.00 bits per heavy atom. The zero-order valence-corrected chi connectivity index (χ0v) is 19.8. The van der Waals surface area contributed by atoms with E-state index in [0.717, 1.165) is 79.4 Å². The fourth-order valence-electron chi connectivity index (χ4n) is 4.60. The van der Waals surface area contributed by atoms with Crippen LogP contribution in [-0.2, 0) is 17.8 Å². The van der Waals surface area contributed by atoms with Crippen LogP contribution >= 0.6 is 0 Å². The van der Waals surface area contributed by atoms with Crippen LogP contribution in [0.15, 0.2) is 66.7 Å². The fraction of sp³-hybridized carbons (Fsp3) is 0.357. The Bertz CT molecular complexity index is 1180. The van der Waals surface area contributed by atoms with Gasteiger partial charge >= 0.3 is 0 Å². The van der Waals surface area contributed by atoms with Crippen molar-refractivity contribution in [3.8, 4) is 11.4 Å². The lowest BCUT2D eigenvalue weighted by Gasteiger charge is -2.31. The quantitative estimate of drug-likeness (QED) is 0.359. The first-order valence-corrected chi connectivity index (χ1v) is 12.4. The van der Waals surface area contributed by atoms with Crippen molar-refractivity contribution in [3.05, 3.63) is 78.0 Å². The molecule has 6 nitrogen and oxygen atoms in total.